The van der Waals surface area contributed by atoms with E-state index in [-0.39, 0.29) is 5.41 Å². The quantitative estimate of drug-likeness (QED) is 0.174. The van der Waals surface area contributed by atoms with Crippen LogP contribution >= 0.6 is 0 Å². The summed E-state index contributed by atoms with van der Waals surface area (Å²) in [7, 11) is 0. The van der Waals surface area contributed by atoms with E-state index in [0.29, 0.717) is 5.82 Å². The highest BCUT2D eigenvalue weighted by molar-refractivity contribution is 6.15. The van der Waals surface area contributed by atoms with Gasteiger partial charge in [-0.25, -0.2) is 9.97 Å². The molecule has 2 aromatic heterocycles. The van der Waals surface area contributed by atoms with Crippen LogP contribution in [-0.4, -0.2) is 9.97 Å². The Hall–Kier alpha value is -8.14. The van der Waals surface area contributed by atoms with Crippen LogP contribution in [0, 0.1) is 0 Å². The zero-order chi connectivity index (χ0) is 42.5. The zero-order valence-corrected chi connectivity index (χ0v) is 35.4. The highest BCUT2D eigenvalue weighted by atomic mass is 16.3. The van der Waals surface area contributed by atoms with E-state index in [0.717, 1.165) is 55.4 Å². The smallest absolute Gasteiger partial charge is 0.160 e. The molecule has 3 heteroatoms. The van der Waals surface area contributed by atoms with Gasteiger partial charge in [0.2, 0.25) is 0 Å². The van der Waals surface area contributed by atoms with Gasteiger partial charge in [-0.3, -0.25) is 0 Å². The number of rotatable bonds is 5. The van der Waals surface area contributed by atoms with Crippen molar-refractivity contribution >= 4 is 54.3 Å². The Bertz CT molecular complexity index is 3880. The van der Waals surface area contributed by atoms with Gasteiger partial charge < -0.3 is 4.42 Å². The molecule has 1 aliphatic rings. The molecule has 0 atom stereocenters. The average Bonchev–Trinajstić information content (AvgIpc) is 3.85. The number of benzene rings is 10. The molecule has 0 saturated carbocycles. The highest BCUT2D eigenvalue weighted by Gasteiger charge is 2.38. The molecule has 3 nitrogen and oxygen atoms in total. The summed E-state index contributed by atoms with van der Waals surface area (Å²) in [4.78, 5) is 10.6. The molecule has 0 radical (unpaired) electrons. The van der Waals surface area contributed by atoms with Gasteiger partial charge in [0.1, 0.15) is 11.2 Å². The lowest BCUT2D eigenvalue weighted by molar-refractivity contribution is 0.666. The lowest BCUT2D eigenvalue weighted by Gasteiger charge is -2.23. The molecule has 2 heterocycles. The Morgan fingerprint density at radius 3 is 1.61 bits per heavy atom. The molecule has 64 heavy (non-hydrogen) atoms. The molecule has 13 rings (SSSR count). The fourth-order valence-electron chi connectivity index (χ4n) is 10.8. The first-order chi connectivity index (χ1) is 31.5. The predicted octanol–water partition coefficient (Wildman–Crippen LogP) is 16.5. The van der Waals surface area contributed by atoms with Gasteiger partial charge in [0.25, 0.3) is 0 Å². The number of hydrogen-bond donors (Lipinski definition) is 0. The van der Waals surface area contributed by atoms with E-state index in [1.54, 1.807) is 0 Å². The van der Waals surface area contributed by atoms with E-state index >= 15 is 0 Å². The van der Waals surface area contributed by atoms with Crippen LogP contribution in [0.5, 0.6) is 0 Å². The normalized spacial score (nSPS) is 13.0. The minimum Gasteiger partial charge on any atom is -0.456 e. The minimum atomic E-state index is -0.134. The maximum atomic E-state index is 6.33. The summed E-state index contributed by atoms with van der Waals surface area (Å²) >= 11 is 0. The number of para-hydroxylation sites is 1. The molecular weight excluding hydrogens is 777 g/mol. The summed E-state index contributed by atoms with van der Waals surface area (Å²) in [5.41, 5.74) is 16.7. The molecule has 0 amide bonds. The van der Waals surface area contributed by atoms with Crippen molar-refractivity contribution in [1.82, 2.24) is 9.97 Å². The topological polar surface area (TPSA) is 38.9 Å². The Labute approximate surface area is 371 Å². The average molecular weight is 817 g/mol. The minimum absolute atomic E-state index is 0.134. The fraction of sp³-hybridized carbons (Fsp3) is 0.0492. The van der Waals surface area contributed by atoms with Crippen LogP contribution in [0.3, 0.4) is 0 Å². The largest absolute Gasteiger partial charge is 0.456 e. The van der Waals surface area contributed by atoms with E-state index in [4.69, 9.17) is 14.4 Å². The summed E-state index contributed by atoms with van der Waals surface area (Å²) in [5, 5.41) is 9.52. The maximum Gasteiger partial charge on any atom is 0.160 e. The predicted molar refractivity (Wildman–Crippen MR) is 267 cm³/mol. The highest BCUT2D eigenvalue weighted by Crippen LogP contribution is 2.55. The molecule has 0 N–H and O–H groups in total. The van der Waals surface area contributed by atoms with Gasteiger partial charge in [0.15, 0.2) is 5.82 Å². The van der Waals surface area contributed by atoms with Gasteiger partial charge in [-0.1, -0.05) is 202 Å². The first-order valence-corrected chi connectivity index (χ1v) is 22.1. The Balaban J connectivity index is 0.991. The van der Waals surface area contributed by atoms with E-state index in [1.807, 2.05) is 36.4 Å². The maximum absolute atomic E-state index is 6.33. The molecule has 10 aromatic carbocycles. The van der Waals surface area contributed by atoms with Crippen LogP contribution in [0.1, 0.15) is 25.0 Å². The van der Waals surface area contributed by atoms with Crippen molar-refractivity contribution in [2.24, 2.45) is 0 Å². The Morgan fingerprint density at radius 1 is 0.375 bits per heavy atom. The second-order valence-electron chi connectivity index (χ2n) is 17.6. The molecule has 0 spiro atoms. The van der Waals surface area contributed by atoms with Crippen LogP contribution in [0.4, 0.5) is 0 Å². The van der Waals surface area contributed by atoms with Crippen molar-refractivity contribution in [3.63, 3.8) is 0 Å². The van der Waals surface area contributed by atoms with Crippen molar-refractivity contribution in [3.8, 4) is 67.3 Å². The molecule has 300 valence electrons. The van der Waals surface area contributed by atoms with E-state index < -0.39 is 0 Å². The Kier molecular flexibility index (Phi) is 7.95. The lowest BCUT2D eigenvalue weighted by atomic mass is 9.80. The number of aromatic nitrogens is 2. The van der Waals surface area contributed by atoms with E-state index in [9.17, 15) is 0 Å². The van der Waals surface area contributed by atoms with Crippen LogP contribution in [0.25, 0.3) is 122 Å². The van der Waals surface area contributed by atoms with Gasteiger partial charge in [-0.15, -0.1) is 0 Å². The summed E-state index contributed by atoms with van der Waals surface area (Å²) in [5.74, 6) is 0.680. The lowest BCUT2D eigenvalue weighted by Crippen LogP contribution is -2.15. The van der Waals surface area contributed by atoms with Gasteiger partial charge in [0.05, 0.1) is 11.4 Å². The van der Waals surface area contributed by atoms with Crippen molar-refractivity contribution in [3.05, 3.63) is 217 Å². The standard InChI is InChI=1S/C61H40N2O/c1-61(2)52-27-14-25-48(57(52)51-31-30-37-16-6-7-19-39(37)59(51)61)46-33-32-44(40-20-8-9-21-41(40)46)45-34-35-47(43-23-11-10-22-42(43)45)53-36-54(63-60(62-53)38-17-4-3-5-18-38)49-26-15-29-56-58(49)50-24-12-13-28-55(50)64-56/h3-36H,1-2H3. The summed E-state index contributed by atoms with van der Waals surface area (Å²) < 4.78 is 6.33. The molecule has 0 fully saturated rings. The van der Waals surface area contributed by atoms with Gasteiger partial charge in [0, 0.05) is 32.9 Å². The summed E-state index contributed by atoms with van der Waals surface area (Å²) in [6.45, 7) is 4.77. The first kappa shape index (κ1) is 36.5. The van der Waals surface area contributed by atoms with Gasteiger partial charge in [-0.2, -0.15) is 0 Å². The molecule has 1 aliphatic carbocycles. The number of furan rings is 1. The zero-order valence-electron chi connectivity index (χ0n) is 35.4. The molecule has 0 bridgehead atoms. The van der Waals surface area contributed by atoms with Crippen LogP contribution in [-0.2, 0) is 5.41 Å². The number of fused-ring (bicyclic) bond motifs is 10. The SMILES string of the molecule is CC1(C)c2cccc(-c3ccc(-c4ccc(-c5cc(-c6cccc7oc8ccccc8c67)nc(-c6ccccc6)n5)c5ccccc45)c4ccccc34)c2-c2ccc3ccccc3c21. The van der Waals surface area contributed by atoms with Gasteiger partial charge in [-0.05, 0) is 95.0 Å². The van der Waals surface area contributed by atoms with E-state index in [1.165, 1.54) is 71.4 Å². The van der Waals surface area contributed by atoms with Gasteiger partial charge >= 0.3 is 0 Å². The number of nitrogens with zero attached hydrogens (tertiary/aromatic N) is 2. The fourth-order valence-corrected chi connectivity index (χ4v) is 10.8. The third-order valence-electron chi connectivity index (χ3n) is 13.7. The van der Waals surface area contributed by atoms with Crippen molar-refractivity contribution in [2.75, 3.05) is 0 Å². The van der Waals surface area contributed by atoms with Crippen LogP contribution in [0.2, 0.25) is 0 Å². The van der Waals surface area contributed by atoms with Crippen molar-refractivity contribution in [1.29, 1.82) is 0 Å². The molecule has 12 aromatic rings. The third kappa shape index (κ3) is 5.41. The van der Waals surface area contributed by atoms with Crippen LogP contribution < -0.4 is 0 Å². The summed E-state index contributed by atoms with van der Waals surface area (Å²) in [6, 6.07) is 74.2. The molecule has 0 aliphatic heterocycles. The second kappa shape index (κ2) is 13.9. The number of hydrogen-bond acceptors (Lipinski definition) is 3. The van der Waals surface area contributed by atoms with Crippen molar-refractivity contribution in [2.45, 2.75) is 19.3 Å². The van der Waals surface area contributed by atoms with Crippen LogP contribution in [0.15, 0.2) is 211 Å². The Morgan fingerprint density at radius 2 is 0.891 bits per heavy atom. The molecule has 0 unspecified atom stereocenters. The van der Waals surface area contributed by atoms with E-state index in [2.05, 4.69) is 184 Å². The third-order valence-corrected chi connectivity index (χ3v) is 13.7. The first-order valence-electron chi connectivity index (χ1n) is 22.1. The monoisotopic (exact) mass is 816 g/mol. The summed E-state index contributed by atoms with van der Waals surface area (Å²) in [6.07, 6.45) is 0. The van der Waals surface area contributed by atoms with Crippen molar-refractivity contribution < 1.29 is 4.42 Å². The molecular formula is C61H40N2O. The molecule has 0 saturated heterocycles. The second-order valence-corrected chi connectivity index (χ2v) is 17.6.